The highest BCUT2D eigenvalue weighted by molar-refractivity contribution is 6.05. The van der Waals surface area contributed by atoms with Crippen molar-refractivity contribution < 1.29 is 28.7 Å². The summed E-state index contributed by atoms with van der Waals surface area (Å²) >= 11 is 0. The molecular weight excluding hydrogens is 462 g/mol. The molecule has 1 saturated carbocycles. The summed E-state index contributed by atoms with van der Waals surface area (Å²) in [6.07, 6.45) is 12.6. The lowest BCUT2D eigenvalue weighted by Crippen LogP contribution is -2.52. The van der Waals surface area contributed by atoms with Crippen LogP contribution in [0.2, 0.25) is 0 Å². The van der Waals surface area contributed by atoms with Crippen molar-refractivity contribution in [3.05, 3.63) is 29.3 Å². The molecule has 2 fully saturated rings. The van der Waals surface area contributed by atoms with Gasteiger partial charge in [-0.2, -0.15) is 0 Å². The van der Waals surface area contributed by atoms with Crippen LogP contribution in [0.25, 0.3) is 0 Å². The van der Waals surface area contributed by atoms with Gasteiger partial charge in [0.15, 0.2) is 0 Å². The third kappa shape index (κ3) is 9.60. The number of carbonyl (C=O) groups excluding carboxylic acids is 4. The average molecular weight is 504 g/mol. The van der Waals surface area contributed by atoms with Crippen LogP contribution < -0.4 is 15.4 Å². The van der Waals surface area contributed by atoms with E-state index in [1.807, 2.05) is 19.2 Å². The highest BCUT2D eigenvalue weighted by Gasteiger charge is 2.39. The first-order valence-electron chi connectivity index (χ1n) is 13.0. The molecule has 0 spiro atoms. The molecule has 2 N–H and O–H groups in total. The minimum Gasteiger partial charge on any atom is -0.494 e. The number of unbranched alkanes of at least 4 members (excludes halogenated alkanes) is 3. The lowest BCUT2D eigenvalue weighted by Gasteiger charge is -2.29. The molecule has 36 heavy (non-hydrogen) atoms. The van der Waals surface area contributed by atoms with E-state index >= 15 is 0 Å². The molecule has 0 radical (unpaired) electrons. The smallest absolute Gasteiger partial charge is 0.292 e. The van der Waals surface area contributed by atoms with E-state index in [9.17, 15) is 14.4 Å². The second-order valence-electron chi connectivity index (χ2n) is 9.18. The van der Waals surface area contributed by atoms with Crippen molar-refractivity contribution in [3.8, 4) is 5.75 Å². The van der Waals surface area contributed by atoms with E-state index in [-0.39, 0.29) is 24.1 Å². The van der Waals surface area contributed by atoms with Gasteiger partial charge in [0.2, 0.25) is 11.8 Å². The molecule has 1 unspecified atom stereocenters. The third-order valence-corrected chi connectivity index (χ3v) is 6.43. The number of piperidine rings is 1. The number of hydrogen-bond donors (Lipinski definition) is 2. The summed E-state index contributed by atoms with van der Waals surface area (Å²) in [4.78, 5) is 46.5. The van der Waals surface area contributed by atoms with Gasteiger partial charge < -0.3 is 19.7 Å². The Morgan fingerprint density at radius 1 is 1.06 bits per heavy atom. The van der Waals surface area contributed by atoms with Crippen molar-refractivity contribution in [3.63, 3.8) is 0 Å². The van der Waals surface area contributed by atoms with Gasteiger partial charge >= 0.3 is 0 Å². The normalized spacial score (nSPS) is 18.3. The van der Waals surface area contributed by atoms with Crippen LogP contribution in [0.5, 0.6) is 5.75 Å². The zero-order valence-corrected chi connectivity index (χ0v) is 21.7. The Morgan fingerprint density at radius 3 is 2.33 bits per heavy atom. The molecule has 9 heteroatoms. The number of methoxy groups -OCH3 is 1. The van der Waals surface area contributed by atoms with Gasteiger partial charge in [0.05, 0.1) is 13.7 Å². The van der Waals surface area contributed by atoms with Gasteiger partial charge in [-0.25, -0.2) is 0 Å². The van der Waals surface area contributed by atoms with Crippen LogP contribution in [0.1, 0.15) is 86.6 Å². The first kappa shape index (κ1) is 29.3. The maximum absolute atomic E-state index is 12.6. The lowest BCUT2D eigenvalue weighted by molar-refractivity contribution is -0.137. The first-order valence-corrected chi connectivity index (χ1v) is 13.0. The molecule has 0 bridgehead atoms. The summed E-state index contributed by atoms with van der Waals surface area (Å²) in [7, 11) is 3.27. The predicted molar refractivity (Wildman–Crippen MR) is 137 cm³/mol. The quantitative estimate of drug-likeness (QED) is 0.286. The van der Waals surface area contributed by atoms with Crippen molar-refractivity contribution in [2.45, 2.75) is 83.2 Å². The maximum atomic E-state index is 12.6. The number of amides is 3. The van der Waals surface area contributed by atoms with Crippen LogP contribution in [0, 0.1) is 0 Å². The summed E-state index contributed by atoms with van der Waals surface area (Å²) in [6, 6.07) is 4.89. The predicted octanol–water partition coefficient (Wildman–Crippen LogP) is 3.35. The van der Waals surface area contributed by atoms with Crippen LogP contribution in [-0.2, 0) is 25.7 Å². The fourth-order valence-electron chi connectivity index (χ4n) is 4.47. The Hall–Kier alpha value is -2.94. The second-order valence-corrected chi connectivity index (χ2v) is 9.18. The van der Waals surface area contributed by atoms with E-state index in [0.717, 1.165) is 30.7 Å². The van der Waals surface area contributed by atoms with E-state index in [4.69, 9.17) is 9.53 Å². The molecule has 9 nitrogen and oxygen atoms in total. The van der Waals surface area contributed by atoms with Gasteiger partial charge in [0, 0.05) is 18.5 Å². The molecule has 1 saturated heterocycles. The highest BCUT2D eigenvalue weighted by atomic mass is 16.5. The van der Waals surface area contributed by atoms with Crippen LogP contribution in [0.4, 0.5) is 0 Å². The average Bonchev–Trinajstić information content (AvgIpc) is 3.56. The molecule has 1 aromatic carbocycles. The van der Waals surface area contributed by atoms with Gasteiger partial charge in [0.25, 0.3) is 12.4 Å². The third-order valence-electron chi connectivity index (χ3n) is 6.43. The minimum atomic E-state index is -0.579. The summed E-state index contributed by atoms with van der Waals surface area (Å²) in [6.45, 7) is 2.45. The van der Waals surface area contributed by atoms with Gasteiger partial charge in [-0.15, -0.1) is 0 Å². The van der Waals surface area contributed by atoms with Crippen molar-refractivity contribution in [2.24, 2.45) is 0 Å². The van der Waals surface area contributed by atoms with Crippen LogP contribution in [0.3, 0.4) is 0 Å². The minimum absolute atomic E-state index is 0.157. The molecular formula is C27H41N3O6. The maximum Gasteiger partial charge on any atom is 0.292 e. The number of ether oxygens (including phenoxy) is 2. The van der Waals surface area contributed by atoms with Gasteiger partial charge in [-0.3, -0.25) is 24.5 Å². The Balaban J connectivity index is 0.000000429. The van der Waals surface area contributed by atoms with Gasteiger partial charge in [-0.05, 0) is 56.6 Å². The number of imide groups is 1. The molecule has 200 valence electrons. The summed E-state index contributed by atoms with van der Waals surface area (Å²) < 4.78 is 9.68. The highest BCUT2D eigenvalue weighted by Crippen LogP contribution is 2.30. The Bertz CT molecular complexity index is 848. The molecule has 3 aliphatic rings. The number of rotatable bonds is 10. The number of nitrogens with zero attached hydrogens (tertiary/aromatic N) is 1. The number of carbonyl (C=O) groups is 4. The first-order chi connectivity index (χ1) is 17.5. The number of fused-ring (bicyclic) bond motifs is 1. The van der Waals surface area contributed by atoms with Crippen LogP contribution >= 0.6 is 0 Å². The summed E-state index contributed by atoms with van der Waals surface area (Å²) in [5.74, 6) is -0.0679. The standard InChI is InChI=1S/C20H27N3O4.C5H10.C2H4O2/c1-21-10-4-2-3-5-11-27-15-6-7-16-14(12-15)13-23(20(16)26)17-8-9-18(24)22-19(17)25;1-2-4-5-3-1;1-4-2-3/h6-7,12,17,21H,2-5,8-11,13H2,1H3,(H,22,24,25);1-5H2;2H,1H3. The second kappa shape index (κ2) is 16.7. The largest absolute Gasteiger partial charge is 0.494 e. The van der Waals surface area contributed by atoms with E-state index in [0.29, 0.717) is 31.6 Å². The molecule has 4 rings (SSSR count). The zero-order chi connectivity index (χ0) is 26.2. The molecule has 1 aliphatic carbocycles. The SMILES string of the molecule is C1CCCC1.CNCCCCCCOc1ccc2c(c1)CN(C1CCC(=O)NC1=O)C2=O.COC=O. The van der Waals surface area contributed by atoms with E-state index < -0.39 is 6.04 Å². The van der Waals surface area contributed by atoms with E-state index in [1.54, 1.807) is 11.0 Å². The Labute approximate surface area is 214 Å². The van der Waals surface area contributed by atoms with Gasteiger partial charge in [-0.1, -0.05) is 44.9 Å². The summed E-state index contributed by atoms with van der Waals surface area (Å²) in [5.41, 5.74) is 1.48. The summed E-state index contributed by atoms with van der Waals surface area (Å²) in [5, 5.41) is 5.46. The van der Waals surface area contributed by atoms with Crippen molar-refractivity contribution >= 4 is 24.2 Å². The molecule has 1 atom stereocenters. The molecule has 1 aromatic rings. The fraction of sp³-hybridized carbons (Fsp3) is 0.630. The monoisotopic (exact) mass is 503 g/mol. The lowest BCUT2D eigenvalue weighted by atomic mass is 10.0. The topological polar surface area (TPSA) is 114 Å². The Morgan fingerprint density at radius 2 is 1.72 bits per heavy atom. The van der Waals surface area contributed by atoms with Crippen molar-refractivity contribution in [1.82, 2.24) is 15.5 Å². The number of benzene rings is 1. The van der Waals surface area contributed by atoms with E-state index in [1.165, 1.54) is 52.1 Å². The number of hydrogen-bond acceptors (Lipinski definition) is 7. The Kier molecular flexibility index (Phi) is 13.6. The molecule has 3 amide bonds. The zero-order valence-electron chi connectivity index (χ0n) is 21.7. The molecule has 2 aliphatic heterocycles. The van der Waals surface area contributed by atoms with Crippen LogP contribution in [0.15, 0.2) is 18.2 Å². The number of nitrogens with one attached hydrogen (secondary N) is 2. The van der Waals surface area contributed by atoms with Gasteiger partial charge in [0.1, 0.15) is 11.8 Å². The van der Waals surface area contributed by atoms with Crippen LogP contribution in [-0.4, -0.2) is 62.4 Å². The molecule has 2 heterocycles. The fourth-order valence-corrected chi connectivity index (χ4v) is 4.47. The molecule has 0 aromatic heterocycles. The van der Waals surface area contributed by atoms with Crippen molar-refractivity contribution in [2.75, 3.05) is 27.3 Å². The van der Waals surface area contributed by atoms with E-state index in [2.05, 4.69) is 15.4 Å². The van der Waals surface area contributed by atoms with Crippen molar-refractivity contribution in [1.29, 1.82) is 0 Å².